The summed E-state index contributed by atoms with van der Waals surface area (Å²) in [4.78, 5) is 25.0. The number of amides is 1. The molecule has 0 spiro atoms. The van der Waals surface area contributed by atoms with Gasteiger partial charge in [-0.2, -0.15) is 0 Å². The minimum atomic E-state index is -0.999. The lowest BCUT2D eigenvalue weighted by atomic mass is 10.0. The van der Waals surface area contributed by atoms with Gasteiger partial charge in [-0.1, -0.05) is 13.0 Å². The number of carboxylic acid groups (broad SMARTS) is 1. The van der Waals surface area contributed by atoms with E-state index in [0.29, 0.717) is 12.1 Å². The van der Waals surface area contributed by atoms with E-state index in [0.717, 1.165) is 23.6 Å². The summed E-state index contributed by atoms with van der Waals surface area (Å²) in [5, 5.41) is 8.71. The molecule has 0 fully saturated rings. The van der Waals surface area contributed by atoms with Crippen molar-refractivity contribution in [3.63, 3.8) is 0 Å². The molecule has 0 aliphatic carbocycles. The zero-order valence-corrected chi connectivity index (χ0v) is 13.1. The Morgan fingerprint density at radius 2 is 2.00 bits per heavy atom. The van der Waals surface area contributed by atoms with Gasteiger partial charge in [0.2, 0.25) is 0 Å². The average molecular weight is 289 g/mol. The van der Waals surface area contributed by atoms with Crippen LogP contribution in [0, 0.1) is 6.92 Å². The number of hydrogen-bond donors (Lipinski definition) is 1. The van der Waals surface area contributed by atoms with Crippen LogP contribution in [0.1, 0.15) is 48.7 Å². The molecule has 0 unspecified atom stereocenters. The molecule has 0 atom stereocenters. The van der Waals surface area contributed by atoms with Crippen molar-refractivity contribution in [3.8, 4) is 0 Å². The summed E-state index contributed by atoms with van der Waals surface area (Å²) < 4.78 is 0. The lowest BCUT2D eigenvalue weighted by molar-refractivity contribution is -0.131. The van der Waals surface area contributed by atoms with E-state index < -0.39 is 5.97 Å². The van der Waals surface area contributed by atoms with Crippen molar-refractivity contribution < 1.29 is 14.7 Å². The van der Waals surface area contributed by atoms with Crippen LogP contribution < -0.4 is 0 Å². The van der Waals surface area contributed by atoms with E-state index in [4.69, 9.17) is 5.11 Å². The van der Waals surface area contributed by atoms with E-state index in [1.165, 1.54) is 6.08 Å². The SMILES string of the molecule is CCCN(C(=O)c1ccc(C)c(/C=C/C(=O)O)c1)C(C)C. The Morgan fingerprint density at radius 3 is 2.52 bits per heavy atom. The van der Waals surface area contributed by atoms with Gasteiger partial charge in [-0.3, -0.25) is 4.79 Å². The predicted molar refractivity (Wildman–Crippen MR) is 84.3 cm³/mol. The van der Waals surface area contributed by atoms with Crippen molar-refractivity contribution in [3.05, 3.63) is 41.0 Å². The molecule has 0 saturated carbocycles. The molecule has 1 rings (SSSR count). The van der Waals surface area contributed by atoms with Crippen LogP contribution in [0.4, 0.5) is 0 Å². The van der Waals surface area contributed by atoms with Crippen molar-refractivity contribution in [1.82, 2.24) is 4.90 Å². The molecule has 21 heavy (non-hydrogen) atoms. The predicted octanol–water partition coefficient (Wildman–Crippen LogP) is 3.35. The summed E-state index contributed by atoms with van der Waals surface area (Å²) in [7, 11) is 0. The zero-order chi connectivity index (χ0) is 16.0. The van der Waals surface area contributed by atoms with Gasteiger partial charge in [0.05, 0.1) is 0 Å². The van der Waals surface area contributed by atoms with Gasteiger partial charge in [0.15, 0.2) is 0 Å². The molecule has 1 N–H and O–H groups in total. The van der Waals surface area contributed by atoms with Gasteiger partial charge in [-0.25, -0.2) is 4.79 Å². The largest absolute Gasteiger partial charge is 0.478 e. The standard InChI is InChI=1S/C17H23NO3/c1-5-10-18(12(2)3)17(21)15-7-6-13(4)14(11-15)8-9-16(19)20/h6-9,11-12H,5,10H2,1-4H3,(H,19,20)/b9-8+. The number of hydrogen-bond acceptors (Lipinski definition) is 2. The molecule has 1 aromatic carbocycles. The highest BCUT2D eigenvalue weighted by Gasteiger charge is 2.18. The van der Waals surface area contributed by atoms with E-state index in [2.05, 4.69) is 0 Å². The Morgan fingerprint density at radius 1 is 1.33 bits per heavy atom. The molecule has 0 aliphatic rings. The van der Waals surface area contributed by atoms with Gasteiger partial charge < -0.3 is 10.0 Å². The Hall–Kier alpha value is -2.10. The number of aliphatic carboxylic acids is 1. The minimum absolute atomic E-state index is 0.0168. The molecule has 0 bridgehead atoms. The van der Waals surface area contributed by atoms with E-state index in [1.807, 2.05) is 38.7 Å². The normalized spacial score (nSPS) is 11.1. The molecule has 0 heterocycles. The summed E-state index contributed by atoms with van der Waals surface area (Å²) in [6.07, 6.45) is 3.51. The van der Waals surface area contributed by atoms with Crippen molar-refractivity contribution in [2.24, 2.45) is 0 Å². The van der Waals surface area contributed by atoms with Crippen LogP contribution in [0.15, 0.2) is 24.3 Å². The van der Waals surface area contributed by atoms with Gasteiger partial charge in [0.25, 0.3) is 5.91 Å². The van der Waals surface area contributed by atoms with Crippen LogP contribution in [-0.4, -0.2) is 34.5 Å². The molecular formula is C17H23NO3. The number of nitrogens with zero attached hydrogens (tertiary/aromatic N) is 1. The molecular weight excluding hydrogens is 266 g/mol. The third kappa shape index (κ3) is 4.74. The van der Waals surface area contributed by atoms with Crippen LogP contribution in [0.3, 0.4) is 0 Å². The van der Waals surface area contributed by atoms with Gasteiger partial charge in [0.1, 0.15) is 0 Å². The van der Waals surface area contributed by atoms with E-state index in [1.54, 1.807) is 12.1 Å². The molecule has 0 radical (unpaired) electrons. The van der Waals surface area contributed by atoms with E-state index in [9.17, 15) is 9.59 Å². The first-order chi connectivity index (χ1) is 9.86. The van der Waals surface area contributed by atoms with E-state index in [-0.39, 0.29) is 11.9 Å². The zero-order valence-electron chi connectivity index (χ0n) is 13.1. The molecule has 0 saturated heterocycles. The summed E-state index contributed by atoms with van der Waals surface area (Å²) in [5.74, 6) is -1.02. The average Bonchev–Trinajstić information content (AvgIpc) is 2.42. The topological polar surface area (TPSA) is 57.6 Å². The van der Waals surface area contributed by atoms with Crippen LogP contribution in [-0.2, 0) is 4.79 Å². The number of aryl methyl sites for hydroxylation is 1. The number of carbonyl (C=O) groups excluding carboxylic acids is 1. The van der Waals surface area contributed by atoms with Crippen LogP contribution in [0.25, 0.3) is 6.08 Å². The lowest BCUT2D eigenvalue weighted by Crippen LogP contribution is -2.37. The Bertz CT molecular complexity index is 547. The van der Waals surface area contributed by atoms with E-state index >= 15 is 0 Å². The molecule has 0 aliphatic heterocycles. The second-order valence-corrected chi connectivity index (χ2v) is 5.34. The fraction of sp³-hybridized carbons (Fsp3) is 0.412. The van der Waals surface area contributed by atoms with Gasteiger partial charge >= 0.3 is 5.97 Å². The van der Waals surface area contributed by atoms with Crippen molar-refractivity contribution in [2.75, 3.05) is 6.54 Å². The lowest BCUT2D eigenvalue weighted by Gasteiger charge is -2.26. The quantitative estimate of drug-likeness (QED) is 0.817. The summed E-state index contributed by atoms with van der Waals surface area (Å²) in [5.41, 5.74) is 2.28. The summed E-state index contributed by atoms with van der Waals surface area (Å²) >= 11 is 0. The molecule has 1 amide bonds. The van der Waals surface area contributed by atoms with Crippen LogP contribution in [0.2, 0.25) is 0 Å². The highest BCUT2D eigenvalue weighted by molar-refractivity contribution is 5.95. The molecule has 4 heteroatoms. The van der Waals surface area contributed by atoms with Crippen LogP contribution >= 0.6 is 0 Å². The maximum Gasteiger partial charge on any atom is 0.328 e. The Labute approximate surface area is 126 Å². The second kappa shape index (κ2) is 7.62. The number of carbonyl (C=O) groups is 2. The molecule has 114 valence electrons. The fourth-order valence-corrected chi connectivity index (χ4v) is 2.12. The maximum absolute atomic E-state index is 12.6. The van der Waals surface area contributed by atoms with Crippen molar-refractivity contribution >= 4 is 18.0 Å². The second-order valence-electron chi connectivity index (χ2n) is 5.34. The summed E-state index contributed by atoms with van der Waals surface area (Å²) in [6, 6.07) is 5.53. The Kier molecular flexibility index (Phi) is 6.15. The smallest absolute Gasteiger partial charge is 0.328 e. The van der Waals surface area contributed by atoms with Crippen molar-refractivity contribution in [2.45, 2.75) is 40.2 Å². The monoisotopic (exact) mass is 289 g/mol. The number of rotatable bonds is 6. The maximum atomic E-state index is 12.6. The molecule has 4 nitrogen and oxygen atoms in total. The van der Waals surface area contributed by atoms with Gasteiger partial charge in [0, 0.05) is 24.2 Å². The highest BCUT2D eigenvalue weighted by Crippen LogP contribution is 2.16. The van der Waals surface area contributed by atoms with Gasteiger partial charge in [-0.05, 0) is 56.5 Å². The van der Waals surface area contributed by atoms with Crippen molar-refractivity contribution in [1.29, 1.82) is 0 Å². The van der Waals surface area contributed by atoms with Gasteiger partial charge in [-0.15, -0.1) is 0 Å². The third-order valence-electron chi connectivity index (χ3n) is 3.28. The van der Waals surface area contributed by atoms with Crippen LogP contribution in [0.5, 0.6) is 0 Å². The first-order valence-electron chi connectivity index (χ1n) is 7.19. The fourth-order valence-electron chi connectivity index (χ4n) is 2.12. The molecule has 1 aromatic rings. The molecule has 0 aromatic heterocycles. The number of benzene rings is 1. The third-order valence-corrected chi connectivity index (χ3v) is 3.28. The minimum Gasteiger partial charge on any atom is -0.478 e. The highest BCUT2D eigenvalue weighted by atomic mass is 16.4. The Balaban J connectivity index is 3.10. The first kappa shape index (κ1) is 17.0. The number of carboxylic acids is 1. The first-order valence-corrected chi connectivity index (χ1v) is 7.19. The summed E-state index contributed by atoms with van der Waals surface area (Å²) in [6.45, 7) is 8.63.